The maximum atomic E-state index is 11.7. The third-order valence-electron chi connectivity index (χ3n) is 2.29. The van der Waals surface area contributed by atoms with Crippen LogP contribution in [0.2, 0.25) is 5.02 Å². The molecule has 17 heavy (non-hydrogen) atoms. The molecular weight excluding hydrogens is 238 g/mol. The molecule has 0 aliphatic carbocycles. The zero-order chi connectivity index (χ0) is 12.3. The molecule has 1 aromatic carbocycles. The van der Waals surface area contributed by atoms with E-state index in [1.807, 2.05) is 18.2 Å². The largest absolute Gasteiger partial charge is 0.397 e. The van der Waals surface area contributed by atoms with Gasteiger partial charge in [-0.25, -0.2) is 0 Å². The topological polar surface area (TPSA) is 70.9 Å². The van der Waals surface area contributed by atoms with Crippen LogP contribution in [0.15, 0.2) is 36.5 Å². The van der Waals surface area contributed by atoms with Crippen LogP contribution in [0, 0.1) is 0 Å². The molecule has 88 valence electrons. The Kier molecular flexibility index (Phi) is 3.35. The molecule has 0 atom stereocenters. The Morgan fingerprint density at radius 2 is 2.24 bits per heavy atom. The van der Waals surface area contributed by atoms with Gasteiger partial charge < -0.3 is 16.0 Å². The van der Waals surface area contributed by atoms with Crippen molar-refractivity contribution in [3.05, 3.63) is 52.8 Å². The van der Waals surface area contributed by atoms with E-state index in [4.69, 9.17) is 17.3 Å². The number of H-pyrrole nitrogens is 1. The third kappa shape index (κ3) is 3.01. The number of carbonyl (C=O) groups is 1. The molecule has 0 fully saturated rings. The standard InChI is InChI=1S/C12H12ClN3O/c13-9-3-1-2-8(4-9)6-16-12(17)11-5-10(14)7-15-11/h1-5,7,15H,6,14H2,(H,16,17). The summed E-state index contributed by atoms with van der Waals surface area (Å²) in [6.45, 7) is 0.429. The van der Waals surface area contributed by atoms with E-state index in [9.17, 15) is 4.79 Å². The Hall–Kier alpha value is -1.94. The second kappa shape index (κ2) is 4.93. The first-order chi connectivity index (χ1) is 8.15. The monoisotopic (exact) mass is 249 g/mol. The molecule has 0 saturated carbocycles. The molecule has 2 aromatic rings. The molecule has 0 aliphatic rings. The lowest BCUT2D eigenvalue weighted by Gasteiger charge is -2.04. The van der Waals surface area contributed by atoms with Crippen molar-refractivity contribution < 1.29 is 4.79 Å². The van der Waals surface area contributed by atoms with Gasteiger partial charge >= 0.3 is 0 Å². The van der Waals surface area contributed by atoms with Crippen LogP contribution in [-0.4, -0.2) is 10.9 Å². The van der Waals surface area contributed by atoms with Crippen molar-refractivity contribution in [2.45, 2.75) is 6.54 Å². The fourth-order valence-corrected chi connectivity index (χ4v) is 1.68. The normalized spacial score (nSPS) is 10.2. The Bertz CT molecular complexity index is 536. The average Bonchev–Trinajstić information content (AvgIpc) is 2.73. The maximum Gasteiger partial charge on any atom is 0.268 e. The maximum absolute atomic E-state index is 11.7. The second-order valence-corrected chi connectivity index (χ2v) is 4.10. The molecule has 0 radical (unpaired) electrons. The molecule has 4 nitrogen and oxygen atoms in total. The van der Waals surface area contributed by atoms with Crippen LogP contribution >= 0.6 is 11.6 Å². The van der Waals surface area contributed by atoms with Crippen LogP contribution in [0.5, 0.6) is 0 Å². The van der Waals surface area contributed by atoms with E-state index in [-0.39, 0.29) is 5.91 Å². The van der Waals surface area contributed by atoms with Gasteiger partial charge in [0.25, 0.3) is 5.91 Å². The van der Waals surface area contributed by atoms with Crippen LogP contribution in [-0.2, 0) is 6.54 Å². The van der Waals surface area contributed by atoms with Crippen molar-refractivity contribution in [2.24, 2.45) is 0 Å². The van der Waals surface area contributed by atoms with E-state index >= 15 is 0 Å². The molecule has 1 aromatic heterocycles. The first-order valence-electron chi connectivity index (χ1n) is 5.11. The number of benzene rings is 1. The van der Waals surface area contributed by atoms with E-state index in [1.54, 1.807) is 18.3 Å². The van der Waals surface area contributed by atoms with Gasteiger partial charge in [0, 0.05) is 23.5 Å². The molecule has 4 N–H and O–H groups in total. The van der Waals surface area contributed by atoms with Crippen molar-refractivity contribution in [3.63, 3.8) is 0 Å². The Morgan fingerprint density at radius 1 is 1.41 bits per heavy atom. The Morgan fingerprint density at radius 3 is 2.88 bits per heavy atom. The van der Waals surface area contributed by atoms with Gasteiger partial charge in [-0.3, -0.25) is 4.79 Å². The predicted octanol–water partition coefficient (Wildman–Crippen LogP) is 2.18. The number of nitrogen functional groups attached to an aromatic ring is 1. The molecular formula is C12H12ClN3O. The number of rotatable bonds is 3. The van der Waals surface area contributed by atoms with Crippen molar-refractivity contribution in [3.8, 4) is 0 Å². The summed E-state index contributed by atoms with van der Waals surface area (Å²) < 4.78 is 0. The van der Waals surface area contributed by atoms with Crippen LogP contribution in [0.3, 0.4) is 0 Å². The van der Waals surface area contributed by atoms with E-state index in [0.717, 1.165) is 5.56 Å². The SMILES string of the molecule is Nc1c[nH]c(C(=O)NCc2cccc(Cl)c2)c1. The number of carbonyl (C=O) groups excluding carboxylic acids is 1. The van der Waals surface area contributed by atoms with Crippen molar-refractivity contribution >= 4 is 23.2 Å². The number of hydrogen-bond donors (Lipinski definition) is 3. The lowest BCUT2D eigenvalue weighted by Crippen LogP contribution is -2.23. The van der Waals surface area contributed by atoms with Gasteiger partial charge in [-0.05, 0) is 23.8 Å². The Balaban J connectivity index is 1.97. The first-order valence-corrected chi connectivity index (χ1v) is 5.49. The summed E-state index contributed by atoms with van der Waals surface area (Å²) in [5.41, 5.74) is 7.45. The number of halogens is 1. The summed E-state index contributed by atoms with van der Waals surface area (Å²) in [7, 11) is 0. The lowest BCUT2D eigenvalue weighted by atomic mass is 10.2. The number of amides is 1. The van der Waals surface area contributed by atoms with E-state index in [2.05, 4.69) is 10.3 Å². The fourth-order valence-electron chi connectivity index (χ4n) is 1.47. The molecule has 1 heterocycles. The number of nitrogens with two attached hydrogens (primary N) is 1. The van der Waals surface area contributed by atoms with Crippen LogP contribution in [0.1, 0.15) is 16.1 Å². The molecule has 0 aliphatic heterocycles. The summed E-state index contributed by atoms with van der Waals surface area (Å²) in [6.07, 6.45) is 1.58. The van der Waals surface area contributed by atoms with E-state index < -0.39 is 0 Å². The van der Waals surface area contributed by atoms with Crippen molar-refractivity contribution in [2.75, 3.05) is 5.73 Å². The second-order valence-electron chi connectivity index (χ2n) is 3.66. The predicted molar refractivity (Wildman–Crippen MR) is 67.8 cm³/mol. The Labute approximate surface area is 104 Å². The van der Waals surface area contributed by atoms with E-state index in [0.29, 0.717) is 22.9 Å². The number of aromatic nitrogens is 1. The number of aromatic amines is 1. The smallest absolute Gasteiger partial charge is 0.268 e. The molecule has 0 saturated heterocycles. The first kappa shape index (κ1) is 11.5. The number of hydrogen-bond acceptors (Lipinski definition) is 2. The quantitative estimate of drug-likeness (QED) is 0.780. The van der Waals surface area contributed by atoms with Crippen LogP contribution in [0.25, 0.3) is 0 Å². The molecule has 0 unspecified atom stereocenters. The zero-order valence-corrected chi connectivity index (χ0v) is 9.79. The van der Waals surface area contributed by atoms with Gasteiger partial charge in [0.05, 0.1) is 0 Å². The third-order valence-corrected chi connectivity index (χ3v) is 2.53. The van der Waals surface area contributed by atoms with E-state index in [1.165, 1.54) is 0 Å². The summed E-state index contributed by atoms with van der Waals surface area (Å²) in [4.78, 5) is 14.5. The van der Waals surface area contributed by atoms with Crippen molar-refractivity contribution in [1.82, 2.24) is 10.3 Å². The molecule has 2 rings (SSSR count). The highest BCUT2D eigenvalue weighted by atomic mass is 35.5. The number of anilines is 1. The highest BCUT2D eigenvalue weighted by Crippen LogP contribution is 2.10. The van der Waals surface area contributed by atoms with Gasteiger partial charge in [0.15, 0.2) is 0 Å². The van der Waals surface area contributed by atoms with Gasteiger partial charge in [-0.1, -0.05) is 23.7 Å². The summed E-state index contributed by atoms with van der Waals surface area (Å²) >= 11 is 5.85. The van der Waals surface area contributed by atoms with Gasteiger partial charge in [0.1, 0.15) is 5.69 Å². The molecule has 0 bridgehead atoms. The van der Waals surface area contributed by atoms with Gasteiger partial charge in [0.2, 0.25) is 0 Å². The zero-order valence-electron chi connectivity index (χ0n) is 9.03. The average molecular weight is 250 g/mol. The minimum absolute atomic E-state index is 0.193. The molecule has 1 amide bonds. The highest BCUT2D eigenvalue weighted by Gasteiger charge is 2.06. The minimum Gasteiger partial charge on any atom is -0.397 e. The van der Waals surface area contributed by atoms with Crippen molar-refractivity contribution in [1.29, 1.82) is 0 Å². The fraction of sp³-hybridized carbons (Fsp3) is 0.0833. The number of nitrogens with one attached hydrogen (secondary N) is 2. The minimum atomic E-state index is -0.193. The molecule has 0 spiro atoms. The summed E-state index contributed by atoms with van der Waals surface area (Å²) in [5.74, 6) is -0.193. The van der Waals surface area contributed by atoms with Crippen LogP contribution < -0.4 is 11.1 Å². The van der Waals surface area contributed by atoms with Crippen LogP contribution in [0.4, 0.5) is 5.69 Å². The lowest BCUT2D eigenvalue weighted by molar-refractivity contribution is 0.0946. The van der Waals surface area contributed by atoms with Gasteiger partial charge in [-0.15, -0.1) is 0 Å². The summed E-state index contributed by atoms with van der Waals surface area (Å²) in [5, 5.41) is 3.42. The highest BCUT2D eigenvalue weighted by molar-refractivity contribution is 6.30. The summed E-state index contributed by atoms with van der Waals surface area (Å²) in [6, 6.07) is 8.93. The van der Waals surface area contributed by atoms with Gasteiger partial charge in [-0.2, -0.15) is 0 Å². The molecule has 5 heteroatoms.